The highest BCUT2D eigenvalue weighted by Crippen LogP contribution is 2.43. The zero-order valence-corrected chi connectivity index (χ0v) is 37.4. The van der Waals surface area contributed by atoms with E-state index >= 15 is 0 Å². The topological polar surface area (TPSA) is 121 Å². The molecule has 11 heteroatoms. The van der Waals surface area contributed by atoms with Crippen molar-refractivity contribution >= 4 is 19.8 Å². The summed E-state index contributed by atoms with van der Waals surface area (Å²) < 4.78 is 40.0. The first kappa shape index (κ1) is 52.7. The summed E-state index contributed by atoms with van der Waals surface area (Å²) in [6.07, 6.45) is 43.0. The number of hydrogen-bond donors (Lipinski definition) is 1. The van der Waals surface area contributed by atoms with Gasteiger partial charge in [0.1, 0.15) is 19.8 Å². The fourth-order valence-electron chi connectivity index (χ4n) is 5.83. The standard InChI is InChI=1S/C46H80NO9P/c1-6-8-10-11-12-13-14-15-16-17-18-19-20-21-26-29-33-37-46(49)55-42(41-54-57(50,51)53-39-38-47(3,4)5)40-52-45(48)36-32-28-25-23-22-24-27-31-35-44-43(56-44)34-30-9-7-2/h12-13,15-16,18-19,21,26-27,31,42-44H,6-11,14,17,20,22-25,28-30,32-41H2,1-5H3/p+1/b13-12-,16-15-,19-18-,26-21-,31-27-/t42-,43?,44?/m1/s1. The summed E-state index contributed by atoms with van der Waals surface area (Å²) in [7, 11) is 1.42. The maximum atomic E-state index is 12.7. The molecule has 57 heavy (non-hydrogen) atoms. The molecule has 1 N–H and O–H groups in total. The van der Waals surface area contributed by atoms with E-state index in [9.17, 15) is 19.0 Å². The Balaban J connectivity index is 2.33. The molecule has 1 fully saturated rings. The van der Waals surface area contributed by atoms with Gasteiger partial charge in [0.15, 0.2) is 6.10 Å². The van der Waals surface area contributed by atoms with E-state index in [2.05, 4.69) is 68.5 Å². The van der Waals surface area contributed by atoms with Gasteiger partial charge >= 0.3 is 19.8 Å². The summed E-state index contributed by atoms with van der Waals surface area (Å²) in [5, 5.41) is 0. The lowest BCUT2D eigenvalue weighted by atomic mass is 10.1. The fourth-order valence-corrected chi connectivity index (χ4v) is 6.58. The molecule has 0 spiro atoms. The van der Waals surface area contributed by atoms with Crippen molar-refractivity contribution in [3.63, 3.8) is 0 Å². The van der Waals surface area contributed by atoms with Crippen molar-refractivity contribution in [2.45, 2.75) is 173 Å². The Labute approximate surface area is 347 Å². The number of epoxide rings is 1. The number of phosphoric ester groups is 1. The smallest absolute Gasteiger partial charge is 0.462 e. The minimum atomic E-state index is -4.40. The number of unbranched alkanes of at least 4 members (excludes halogenated alkanes) is 11. The summed E-state index contributed by atoms with van der Waals surface area (Å²) in [4.78, 5) is 35.4. The summed E-state index contributed by atoms with van der Waals surface area (Å²) >= 11 is 0. The van der Waals surface area contributed by atoms with Crippen LogP contribution in [0.4, 0.5) is 0 Å². The number of ether oxygens (including phenoxy) is 3. The lowest BCUT2D eigenvalue weighted by Gasteiger charge is -2.24. The maximum absolute atomic E-state index is 12.7. The van der Waals surface area contributed by atoms with Crippen molar-refractivity contribution in [3.05, 3.63) is 60.8 Å². The van der Waals surface area contributed by atoms with E-state index in [-0.39, 0.29) is 26.1 Å². The van der Waals surface area contributed by atoms with E-state index in [1.807, 2.05) is 27.2 Å². The van der Waals surface area contributed by atoms with Crippen LogP contribution >= 0.6 is 7.82 Å². The van der Waals surface area contributed by atoms with E-state index < -0.39 is 32.5 Å². The molecule has 10 nitrogen and oxygen atoms in total. The minimum absolute atomic E-state index is 0.0143. The third kappa shape index (κ3) is 35.3. The number of rotatable bonds is 38. The average molecular weight is 823 g/mol. The van der Waals surface area contributed by atoms with Crippen molar-refractivity contribution in [1.82, 2.24) is 0 Å². The first-order valence-electron chi connectivity index (χ1n) is 22.1. The van der Waals surface area contributed by atoms with Crippen LogP contribution in [0.25, 0.3) is 0 Å². The number of allylic oxidation sites excluding steroid dienone is 9. The van der Waals surface area contributed by atoms with Gasteiger partial charge in [0, 0.05) is 12.8 Å². The van der Waals surface area contributed by atoms with Gasteiger partial charge in [-0.2, -0.15) is 0 Å². The van der Waals surface area contributed by atoms with Crippen LogP contribution in [0.15, 0.2) is 60.8 Å². The molecule has 3 unspecified atom stereocenters. The van der Waals surface area contributed by atoms with Crippen LogP contribution in [0.5, 0.6) is 0 Å². The summed E-state index contributed by atoms with van der Waals surface area (Å²) in [5.74, 6) is -0.891. The predicted molar refractivity (Wildman–Crippen MR) is 233 cm³/mol. The number of nitrogens with zero attached hydrogens (tertiary/aromatic N) is 1. The quantitative estimate of drug-likeness (QED) is 0.0162. The molecule has 328 valence electrons. The van der Waals surface area contributed by atoms with Gasteiger partial charge in [0.2, 0.25) is 0 Å². The summed E-state index contributed by atoms with van der Waals surface area (Å²) in [5.41, 5.74) is 0. The van der Waals surface area contributed by atoms with Crippen LogP contribution in [-0.4, -0.2) is 87.1 Å². The molecule has 0 amide bonds. The molecule has 0 aromatic rings. The van der Waals surface area contributed by atoms with E-state index in [0.29, 0.717) is 42.5 Å². The van der Waals surface area contributed by atoms with Crippen LogP contribution < -0.4 is 0 Å². The van der Waals surface area contributed by atoms with Gasteiger partial charge in [-0.1, -0.05) is 126 Å². The Morgan fingerprint density at radius 3 is 1.84 bits per heavy atom. The Kier molecular flexibility index (Phi) is 31.9. The fraction of sp³-hybridized carbons (Fsp3) is 0.739. The minimum Gasteiger partial charge on any atom is -0.462 e. The largest absolute Gasteiger partial charge is 0.472 e. The Hall–Kier alpha value is -2.33. The number of carbonyl (C=O) groups is 2. The molecule has 1 aliphatic rings. The molecule has 1 aliphatic heterocycles. The lowest BCUT2D eigenvalue weighted by molar-refractivity contribution is -0.870. The average Bonchev–Trinajstić information content (AvgIpc) is 3.91. The van der Waals surface area contributed by atoms with E-state index in [1.165, 1.54) is 51.4 Å². The third-order valence-electron chi connectivity index (χ3n) is 9.44. The Bertz CT molecular complexity index is 1220. The zero-order chi connectivity index (χ0) is 41.9. The molecule has 0 aromatic carbocycles. The second-order valence-electron chi connectivity index (χ2n) is 16.1. The molecule has 4 atom stereocenters. The van der Waals surface area contributed by atoms with Crippen LogP contribution in [0.1, 0.15) is 155 Å². The highest BCUT2D eigenvalue weighted by Gasteiger charge is 2.36. The van der Waals surface area contributed by atoms with Gasteiger partial charge in [-0.15, -0.1) is 0 Å². The molecule has 1 saturated heterocycles. The molecule has 0 aromatic heterocycles. The van der Waals surface area contributed by atoms with Gasteiger partial charge in [-0.05, 0) is 77.0 Å². The van der Waals surface area contributed by atoms with E-state index in [1.54, 1.807) is 0 Å². The van der Waals surface area contributed by atoms with Crippen molar-refractivity contribution in [2.24, 2.45) is 0 Å². The SMILES string of the molecule is CCCCC/C=C\C/C=C\C/C=C\C/C=C\CCCC(=O)O[C@H](COC(=O)CCCCCCC/C=C\CC1OC1CCCCC)COP(=O)(O)OCC[N+](C)(C)C. The third-order valence-corrected chi connectivity index (χ3v) is 10.4. The highest BCUT2D eigenvalue weighted by molar-refractivity contribution is 7.47. The second kappa shape index (κ2) is 34.5. The Morgan fingerprint density at radius 1 is 0.649 bits per heavy atom. The first-order valence-corrected chi connectivity index (χ1v) is 23.6. The maximum Gasteiger partial charge on any atom is 0.472 e. The van der Waals surface area contributed by atoms with Crippen molar-refractivity contribution in [3.8, 4) is 0 Å². The molecule has 1 rings (SSSR count). The van der Waals surface area contributed by atoms with Crippen molar-refractivity contribution in [2.75, 3.05) is 47.5 Å². The van der Waals surface area contributed by atoms with Gasteiger partial charge in [-0.3, -0.25) is 18.6 Å². The molecule has 0 radical (unpaired) electrons. The number of likely N-dealkylation sites (N-methyl/N-ethyl adjacent to an activating group) is 1. The normalized spacial score (nSPS) is 17.7. The monoisotopic (exact) mass is 823 g/mol. The summed E-state index contributed by atoms with van der Waals surface area (Å²) in [6.45, 7) is 4.26. The van der Waals surface area contributed by atoms with Gasteiger partial charge < -0.3 is 23.6 Å². The predicted octanol–water partition coefficient (Wildman–Crippen LogP) is 11.5. The van der Waals surface area contributed by atoms with E-state index in [0.717, 1.165) is 57.8 Å². The van der Waals surface area contributed by atoms with Gasteiger partial charge in [-0.25, -0.2) is 4.57 Å². The highest BCUT2D eigenvalue weighted by atomic mass is 31.2. The molecule has 0 saturated carbocycles. The second-order valence-corrected chi connectivity index (χ2v) is 17.6. The van der Waals surface area contributed by atoms with Crippen LogP contribution in [0.3, 0.4) is 0 Å². The lowest BCUT2D eigenvalue weighted by Crippen LogP contribution is -2.37. The van der Waals surface area contributed by atoms with Gasteiger partial charge in [0.05, 0.1) is 40.0 Å². The zero-order valence-electron chi connectivity index (χ0n) is 36.5. The molecule has 1 heterocycles. The van der Waals surface area contributed by atoms with Crippen molar-refractivity contribution < 1.29 is 46.8 Å². The summed E-state index contributed by atoms with van der Waals surface area (Å²) in [6, 6.07) is 0. The molecular weight excluding hydrogens is 741 g/mol. The number of phosphoric acid groups is 1. The van der Waals surface area contributed by atoms with Gasteiger partial charge in [0.25, 0.3) is 0 Å². The number of hydrogen-bond acceptors (Lipinski definition) is 8. The van der Waals surface area contributed by atoms with E-state index in [4.69, 9.17) is 23.3 Å². The first-order chi connectivity index (χ1) is 27.5. The molecule has 0 bridgehead atoms. The number of quaternary nitrogens is 1. The van der Waals surface area contributed by atoms with Crippen molar-refractivity contribution in [1.29, 1.82) is 0 Å². The number of esters is 2. The molecular formula is C46H81NO9P+. The van der Waals surface area contributed by atoms with Crippen LogP contribution in [0, 0.1) is 0 Å². The number of carbonyl (C=O) groups excluding carboxylic acids is 2. The van der Waals surface area contributed by atoms with Crippen LogP contribution in [0.2, 0.25) is 0 Å². The molecule has 0 aliphatic carbocycles. The van der Waals surface area contributed by atoms with Crippen LogP contribution in [-0.2, 0) is 37.4 Å². The Morgan fingerprint density at radius 2 is 1.19 bits per heavy atom.